The summed E-state index contributed by atoms with van der Waals surface area (Å²) in [6, 6.07) is 1.19. The predicted octanol–water partition coefficient (Wildman–Crippen LogP) is -0.0807. The zero-order valence-electron chi connectivity index (χ0n) is 13.2. The number of anilines is 1. The van der Waals surface area contributed by atoms with Crippen molar-refractivity contribution in [2.24, 2.45) is 0 Å². The van der Waals surface area contributed by atoms with Gasteiger partial charge in [0.1, 0.15) is 11.2 Å². The summed E-state index contributed by atoms with van der Waals surface area (Å²) in [5, 5.41) is 18.3. The number of carbonyl (C=O) groups is 2. The minimum atomic E-state index is -1.79. The zero-order chi connectivity index (χ0) is 17.1. The third kappa shape index (κ3) is 4.44. The molecule has 1 amide bonds. The molecule has 0 fully saturated rings. The van der Waals surface area contributed by atoms with Crippen LogP contribution in [-0.2, 0) is 9.47 Å². The molecule has 0 bridgehead atoms. The van der Waals surface area contributed by atoms with Crippen molar-refractivity contribution in [1.29, 1.82) is 0 Å². The maximum absolute atomic E-state index is 12.1. The molecule has 0 radical (unpaired) electrons. The van der Waals surface area contributed by atoms with Crippen molar-refractivity contribution in [2.75, 3.05) is 19.1 Å². The van der Waals surface area contributed by atoms with Crippen LogP contribution in [0.1, 0.15) is 31.1 Å². The summed E-state index contributed by atoms with van der Waals surface area (Å²) in [5.41, 5.74) is -0.791. The molecular formula is C13H19BN2O6. The van der Waals surface area contributed by atoms with Crippen molar-refractivity contribution < 1.29 is 29.1 Å². The first-order valence-electron chi connectivity index (χ1n) is 6.48. The van der Waals surface area contributed by atoms with Gasteiger partial charge >= 0.3 is 19.2 Å². The van der Waals surface area contributed by atoms with Crippen LogP contribution in [0, 0.1) is 0 Å². The minimum absolute atomic E-state index is 0.00161. The first-order chi connectivity index (χ1) is 10.1. The van der Waals surface area contributed by atoms with E-state index in [0.717, 1.165) is 11.1 Å². The third-order valence-electron chi connectivity index (χ3n) is 2.58. The molecule has 0 aliphatic carbocycles. The number of hydrogen-bond acceptors (Lipinski definition) is 7. The molecule has 1 heterocycles. The van der Waals surface area contributed by atoms with Crippen molar-refractivity contribution in [3.05, 3.63) is 17.8 Å². The largest absolute Gasteiger partial charge is 0.490 e. The summed E-state index contributed by atoms with van der Waals surface area (Å²) >= 11 is 0. The van der Waals surface area contributed by atoms with E-state index < -0.39 is 24.8 Å². The molecule has 0 saturated carbocycles. The molecule has 120 valence electrons. The molecule has 0 spiro atoms. The Kier molecular flexibility index (Phi) is 5.51. The Morgan fingerprint density at radius 1 is 1.32 bits per heavy atom. The molecule has 0 aliphatic heterocycles. The van der Waals surface area contributed by atoms with Gasteiger partial charge in [-0.1, -0.05) is 0 Å². The van der Waals surface area contributed by atoms with Crippen molar-refractivity contribution in [3.63, 3.8) is 0 Å². The fraction of sp³-hybridized carbons (Fsp3) is 0.462. The standard InChI is InChI=1S/C13H19BN2O6/c1-13(2,3)22-12(18)16(4)10-9(11(17)21-5)6-8(7-15-10)14(19)20/h6-7,19-20H,1-5H3. The highest BCUT2D eigenvalue weighted by Gasteiger charge is 2.27. The second-order valence-corrected chi connectivity index (χ2v) is 5.54. The van der Waals surface area contributed by atoms with Gasteiger partial charge in [-0.25, -0.2) is 14.6 Å². The Labute approximate surface area is 128 Å². The van der Waals surface area contributed by atoms with Gasteiger partial charge in [-0.3, -0.25) is 4.90 Å². The van der Waals surface area contributed by atoms with Gasteiger partial charge in [0.05, 0.1) is 7.11 Å². The van der Waals surface area contributed by atoms with Crippen LogP contribution in [0.3, 0.4) is 0 Å². The van der Waals surface area contributed by atoms with Crippen LogP contribution < -0.4 is 10.4 Å². The summed E-state index contributed by atoms with van der Waals surface area (Å²) in [7, 11) is 0.760. The molecule has 22 heavy (non-hydrogen) atoms. The summed E-state index contributed by atoms with van der Waals surface area (Å²) in [5.74, 6) is -0.772. The molecule has 8 nitrogen and oxygen atoms in total. The molecule has 1 aromatic rings. The first kappa shape index (κ1) is 17.9. The number of hydrogen-bond donors (Lipinski definition) is 2. The quantitative estimate of drug-likeness (QED) is 0.593. The van der Waals surface area contributed by atoms with E-state index in [1.165, 1.54) is 20.2 Å². The molecule has 1 rings (SSSR count). The van der Waals surface area contributed by atoms with Gasteiger partial charge < -0.3 is 19.5 Å². The van der Waals surface area contributed by atoms with Crippen molar-refractivity contribution >= 4 is 30.5 Å². The number of amides is 1. The van der Waals surface area contributed by atoms with E-state index in [-0.39, 0.29) is 16.8 Å². The zero-order valence-corrected chi connectivity index (χ0v) is 13.2. The monoisotopic (exact) mass is 310 g/mol. The average Bonchev–Trinajstić information content (AvgIpc) is 2.43. The molecule has 0 atom stereocenters. The Morgan fingerprint density at radius 2 is 1.91 bits per heavy atom. The Morgan fingerprint density at radius 3 is 2.36 bits per heavy atom. The molecule has 2 N–H and O–H groups in total. The van der Waals surface area contributed by atoms with Gasteiger partial charge in [0.2, 0.25) is 0 Å². The van der Waals surface area contributed by atoms with E-state index in [1.54, 1.807) is 20.8 Å². The molecule has 0 aromatic carbocycles. The number of esters is 1. The molecule has 9 heteroatoms. The Hall–Kier alpha value is -2.13. The first-order valence-corrected chi connectivity index (χ1v) is 6.48. The van der Waals surface area contributed by atoms with Crippen LogP contribution in [0.4, 0.5) is 10.6 Å². The van der Waals surface area contributed by atoms with Gasteiger partial charge in [-0.15, -0.1) is 0 Å². The number of aromatic nitrogens is 1. The molecule has 0 unspecified atom stereocenters. The lowest BCUT2D eigenvalue weighted by Gasteiger charge is -2.25. The number of ether oxygens (including phenoxy) is 2. The fourth-order valence-electron chi connectivity index (χ4n) is 1.56. The van der Waals surface area contributed by atoms with Crippen LogP contribution in [0.2, 0.25) is 0 Å². The smallest absolute Gasteiger partial charge is 0.465 e. The van der Waals surface area contributed by atoms with Crippen molar-refractivity contribution in [1.82, 2.24) is 4.98 Å². The highest BCUT2D eigenvalue weighted by atomic mass is 16.6. The van der Waals surface area contributed by atoms with Crippen LogP contribution >= 0.6 is 0 Å². The van der Waals surface area contributed by atoms with Gasteiger partial charge in [-0.05, 0) is 26.8 Å². The second-order valence-electron chi connectivity index (χ2n) is 5.54. The number of nitrogens with zero attached hydrogens (tertiary/aromatic N) is 2. The highest BCUT2D eigenvalue weighted by Crippen LogP contribution is 2.19. The fourth-order valence-corrected chi connectivity index (χ4v) is 1.56. The molecule has 0 aliphatic rings. The Balaban J connectivity index is 3.22. The van der Waals surface area contributed by atoms with Gasteiger partial charge in [0.15, 0.2) is 5.82 Å². The lowest BCUT2D eigenvalue weighted by atomic mass is 9.81. The number of rotatable bonds is 3. The van der Waals surface area contributed by atoms with E-state index in [0.29, 0.717) is 0 Å². The number of methoxy groups -OCH3 is 1. The molecule has 1 aromatic heterocycles. The number of carbonyl (C=O) groups excluding carboxylic acids is 2. The SMILES string of the molecule is COC(=O)c1cc(B(O)O)cnc1N(C)C(=O)OC(C)(C)C. The highest BCUT2D eigenvalue weighted by molar-refractivity contribution is 6.58. The van der Waals surface area contributed by atoms with Crippen LogP contribution in [0.5, 0.6) is 0 Å². The minimum Gasteiger partial charge on any atom is -0.465 e. The Bertz CT molecular complexity index is 570. The van der Waals surface area contributed by atoms with Gasteiger partial charge in [-0.2, -0.15) is 0 Å². The normalized spacial score (nSPS) is 10.9. The number of pyridine rings is 1. The van der Waals surface area contributed by atoms with Crippen LogP contribution in [0.15, 0.2) is 12.3 Å². The van der Waals surface area contributed by atoms with Gasteiger partial charge in [0.25, 0.3) is 0 Å². The average molecular weight is 310 g/mol. The predicted molar refractivity (Wildman–Crippen MR) is 80.0 cm³/mol. The summed E-state index contributed by atoms with van der Waals surface area (Å²) in [6.07, 6.45) is 0.440. The maximum Gasteiger partial charge on any atom is 0.490 e. The maximum atomic E-state index is 12.1. The van der Waals surface area contributed by atoms with E-state index >= 15 is 0 Å². The van der Waals surface area contributed by atoms with E-state index in [9.17, 15) is 9.59 Å². The van der Waals surface area contributed by atoms with E-state index in [4.69, 9.17) is 14.8 Å². The van der Waals surface area contributed by atoms with E-state index in [2.05, 4.69) is 9.72 Å². The lowest BCUT2D eigenvalue weighted by molar-refractivity contribution is 0.0586. The third-order valence-corrected chi connectivity index (χ3v) is 2.58. The van der Waals surface area contributed by atoms with Crippen molar-refractivity contribution in [2.45, 2.75) is 26.4 Å². The van der Waals surface area contributed by atoms with Crippen LogP contribution in [-0.4, -0.2) is 54.0 Å². The summed E-state index contributed by atoms with van der Waals surface area (Å²) in [4.78, 5) is 28.8. The topological polar surface area (TPSA) is 109 Å². The van der Waals surface area contributed by atoms with E-state index in [1.807, 2.05) is 0 Å². The van der Waals surface area contributed by atoms with Crippen molar-refractivity contribution in [3.8, 4) is 0 Å². The lowest BCUT2D eigenvalue weighted by Crippen LogP contribution is -2.37. The molecule has 0 saturated heterocycles. The summed E-state index contributed by atoms with van der Waals surface area (Å²) < 4.78 is 9.82. The van der Waals surface area contributed by atoms with Gasteiger partial charge in [0, 0.05) is 18.7 Å². The second kappa shape index (κ2) is 6.76. The van der Waals surface area contributed by atoms with Crippen LogP contribution in [0.25, 0.3) is 0 Å². The summed E-state index contributed by atoms with van der Waals surface area (Å²) in [6.45, 7) is 5.12. The molecular weight excluding hydrogens is 291 g/mol.